The first-order valence-corrected chi connectivity index (χ1v) is 8.07. The molecule has 0 saturated heterocycles. The van der Waals surface area contributed by atoms with Gasteiger partial charge >= 0.3 is 5.97 Å². The molecule has 0 aliphatic rings. The molecular weight excluding hydrogens is 376 g/mol. The molecule has 0 atom stereocenters. The lowest BCUT2D eigenvalue weighted by Crippen LogP contribution is -2.21. The fourth-order valence-electron chi connectivity index (χ4n) is 2.31. The van der Waals surface area contributed by atoms with E-state index in [0.29, 0.717) is 5.65 Å². The van der Waals surface area contributed by atoms with Crippen LogP contribution in [0.25, 0.3) is 5.65 Å². The number of hydrogen-bond acceptors (Lipinski definition) is 6. The number of esters is 1. The molecule has 0 fully saturated rings. The van der Waals surface area contributed by atoms with Gasteiger partial charge in [0, 0.05) is 24.1 Å². The van der Waals surface area contributed by atoms with Crippen LogP contribution in [0, 0.1) is 17.0 Å². The zero-order chi connectivity index (χ0) is 19.6. The number of anilines is 1. The Morgan fingerprint density at radius 3 is 2.85 bits per heavy atom. The number of rotatable bonds is 5. The van der Waals surface area contributed by atoms with Crippen molar-refractivity contribution in [3.63, 3.8) is 0 Å². The second kappa shape index (κ2) is 7.42. The van der Waals surface area contributed by atoms with E-state index in [9.17, 15) is 19.7 Å². The second-order valence-corrected chi connectivity index (χ2v) is 6.05. The van der Waals surface area contributed by atoms with E-state index < -0.39 is 23.4 Å². The number of hydrogen-bond donors (Lipinski definition) is 1. The number of nitrogens with one attached hydrogen (secondary N) is 1. The Morgan fingerprint density at radius 1 is 1.33 bits per heavy atom. The SMILES string of the molecule is Cc1ccn2cc(C(=O)OCC(=O)Nc3ccc(Cl)c([N+](=O)[O-])c3)nc2c1. The van der Waals surface area contributed by atoms with Gasteiger partial charge in [-0.05, 0) is 36.8 Å². The minimum atomic E-state index is -0.756. The first-order chi connectivity index (χ1) is 12.8. The first kappa shape index (κ1) is 18.3. The van der Waals surface area contributed by atoms with Crippen LogP contribution in [0.2, 0.25) is 5.02 Å². The van der Waals surface area contributed by atoms with Gasteiger partial charge in [-0.1, -0.05) is 11.6 Å². The van der Waals surface area contributed by atoms with E-state index in [0.717, 1.165) is 11.6 Å². The molecule has 3 aromatic rings. The van der Waals surface area contributed by atoms with E-state index in [1.165, 1.54) is 18.3 Å². The maximum atomic E-state index is 12.1. The van der Waals surface area contributed by atoms with Crippen LogP contribution in [0.1, 0.15) is 16.1 Å². The smallest absolute Gasteiger partial charge is 0.359 e. The Balaban J connectivity index is 1.62. The molecule has 2 heterocycles. The highest BCUT2D eigenvalue weighted by molar-refractivity contribution is 6.32. The molecule has 9 nitrogen and oxygen atoms in total. The van der Waals surface area contributed by atoms with Crippen LogP contribution in [0.15, 0.2) is 42.7 Å². The molecule has 1 amide bonds. The predicted octanol–water partition coefficient (Wildman–Crippen LogP) is 3.00. The highest BCUT2D eigenvalue weighted by Gasteiger charge is 2.16. The molecule has 2 aromatic heterocycles. The lowest BCUT2D eigenvalue weighted by atomic mass is 10.3. The van der Waals surface area contributed by atoms with Gasteiger partial charge in [0.2, 0.25) is 0 Å². The van der Waals surface area contributed by atoms with Crippen molar-refractivity contribution in [3.8, 4) is 0 Å². The number of fused-ring (bicyclic) bond motifs is 1. The van der Waals surface area contributed by atoms with E-state index in [4.69, 9.17) is 16.3 Å². The van der Waals surface area contributed by atoms with Crippen LogP contribution >= 0.6 is 11.6 Å². The molecule has 0 bridgehead atoms. The number of imidazole rings is 1. The van der Waals surface area contributed by atoms with Crippen LogP contribution in [-0.4, -0.2) is 32.8 Å². The summed E-state index contributed by atoms with van der Waals surface area (Å²) in [5, 5.41) is 13.2. The van der Waals surface area contributed by atoms with Crippen molar-refractivity contribution >= 4 is 40.5 Å². The van der Waals surface area contributed by atoms with Crippen molar-refractivity contribution < 1.29 is 19.2 Å². The predicted molar refractivity (Wildman–Crippen MR) is 96.9 cm³/mol. The molecule has 10 heteroatoms. The molecule has 27 heavy (non-hydrogen) atoms. The van der Waals surface area contributed by atoms with E-state index in [1.807, 2.05) is 13.0 Å². The maximum absolute atomic E-state index is 12.1. The Bertz CT molecular complexity index is 1060. The van der Waals surface area contributed by atoms with Gasteiger partial charge in [0.1, 0.15) is 10.7 Å². The van der Waals surface area contributed by atoms with Crippen molar-refractivity contribution in [2.45, 2.75) is 6.92 Å². The number of aryl methyl sites for hydroxylation is 1. The molecule has 0 aliphatic heterocycles. The fraction of sp³-hybridized carbons (Fsp3) is 0.118. The number of nitro groups is 1. The summed E-state index contributed by atoms with van der Waals surface area (Å²) in [6, 6.07) is 7.48. The van der Waals surface area contributed by atoms with Crippen LogP contribution in [0.3, 0.4) is 0 Å². The molecule has 138 valence electrons. The largest absolute Gasteiger partial charge is 0.451 e. The van der Waals surface area contributed by atoms with Gasteiger partial charge in [-0.25, -0.2) is 9.78 Å². The number of benzene rings is 1. The molecule has 0 unspecified atom stereocenters. The number of pyridine rings is 1. The standard InChI is InChI=1S/C17H13ClN4O5/c1-10-4-5-21-8-13(20-15(21)6-10)17(24)27-9-16(23)19-11-2-3-12(18)14(7-11)22(25)26/h2-8H,9H2,1H3,(H,19,23). The van der Waals surface area contributed by atoms with E-state index in [-0.39, 0.29) is 22.1 Å². The van der Waals surface area contributed by atoms with Crippen molar-refractivity contribution in [2.75, 3.05) is 11.9 Å². The second-order valence-electron chi connectivity index (χ2n) is 5.64. The normalized spacial score (nSPS) is 10.6. The van der Waals surface area contributed by atoms with Crippen LogP contribution < -0.4 is 5.32 Å². The molecule has 1 N–H and O–H groups in total. The Kier molecular flexibility index (Phi) is 5.04. The summed E-state index contributed by atoms with van der Waals surface area (Å²) in [6.07, 6.45) is 3.26. The van der Waals surface area contributed by atoms with Crippen molar-refractivity contribution in [1.82, 2.24) is 9.38 Å². The summed E-state index contributed by atoms with van der Waals surface area (Å²) in [4.78, 5) is 38.3. The van der Waals surface area contributed by atoms with Gasteiger partial charge in [-0.2, -0.15) is 0 Å². The summed E-state index contributed by atoms with van der Waals surface area (Å²) in [7, 11) is 0. The number of carbonyl (C=O) groups excluding carboxylic acids is 2. The highest BCUT2D eigenvalue weighted by atomic mass is 35.5. The Morgan fingerprint density at radius 2 is 2.11 bits per heavy atom. The van der Waals surface area contributed by atoms with E-state index in [2.05, 4.69) is 10.3 Å². The molecular formula is C17H13ClN4O5. The number of carbonyl (C=O) groups is 2. The minimum absolute atomic E-state index is 0.0495. The molecule has 0 spiro atoms. The maximum Gasteiger partial charge on any atom is 0.359 e. The summed E-state index contributed by atoms with van der Waals surface area (Å²) in [5.41, 5.74) is 1.46. The Labute approximate surface area is 157 Å². The fourth-order valence-corrected chi connectivity index (χ4v) is 2.50. The lowest BCUT2D eigenvalue weighted by molar-refractivity contribution is -0.384. The summed E-state index contributed by atoms with van der Waals surface area (Å²) >= 11 is 5.71. The van der Waals surface area contributed by atoms with Crippen LogP contribution in [-0.2, 0) is 9.53 Å². The number of nitrogens with zero attached hydrogens (tertiary/aromatic N) is 3. The quantitative estimate of drug-likeness (QED) is 0.408. The van der Waals surface area contributed by atoms with Crippen LogP contribution in [0.4, 0.5) is 11.4 Å². The number of ether oxygens (including phenoxy) is 1. The van der Waals surface area contributed by atoms with Gasteiger partial charge in [0.25, 0.3) is 11.6 Å². The summed E-state index contributed by atoms with van der Waals surface area (Å²) in [6.45, 7) is 1.33. The average Bonchev–Trinajstić information content (AvgIpc) is 3.04. The topological polar surface area (TPSA) is 116 Å². The number of amides is 1. The summed E-state index contributed by atoms with van der Waals surface area (Å²) < 4.78 is 6.60. The van der Waals surface area contributed by atoms with Gasteiger partial charge in [0.15, 0.2) is 12.3 Å². The van der Waals surface area contributed by atoms with E-state index >= 15 is 0 Å². The third-order valence-corrected chi connectivity index (χ3v) is 3.91. The van der Waals surface area contributed by atoms with Crippen LogP contribution in [0.5, 0.6) is 0 Å². The van der Waals surface area contributed by atoms with Gasteiger partial charge in [-0.15, -0.1) is 0 Å². The van der Waals surface area contributed by atoms with E-state index in [1.54, 1.807) is 16.7 Å². The number of nitro benzene ring substituents is 1. The zero-order valence-electron chi connectivity index (χ0n) is 14.0. The highest BCUT2D eigenvalue weighted by Crippen LogP contribution is 2.27. The Hall–Kier alpha value is -3.46. The van der Waals surface area contributed by atoms with Crippen molar-refractivity contribution in [2.24, 2.45) is 0 Å². The zero-order valence-corrected chi connectivity index (χ0v) is 14.8. The number of aromatic nitrogens is 2. The van der Waals surface area contributed by atoms with Crippen molar-refractivity contribution in [1.29, 1.82) is 0 Å². The average molecular weight is 389 g/mol. The third kappa shape index (κ3) is 4.21. The molecule has 0 radical (unpaired) electrons. The molecule has 0 aliphatic carbocycles. The van der Waals surface area contributed by atoms with Gasteiger partial charge in [-0.3, -0.25) is 14.9 Å². The first-order valence-electron chi connectivity index (χ1n) is 7.70. The summed E-state index contributed by atoms with van der Waals surface area (Å²) in [5.74, 6) is -1.41. The van der Waals surface area contributed by atoms with Crippen molar-refractivity contribution in [3.05, 3.63) is 69.1 Å². The number of halogens is 1. The molecule has 3 rings (SSSR count). The monoisotopic (exact) mass is 388 g/mol. The molecule has 1 aromatic carbocycles. The third-order valence-electron chi connectivity index (χ3n) is 3.59. The minimum Gasteiger partial charge on any atom is -0.451 e. The van der Waals surface area contributed by atoms with Gasteiger partial charge < -0.3 is 14.5 Å². The molecule has 0 saturated carbocycles. The lowest BCUT2D eigenvalue weighted by Gasteiger charge is -2.06. The van der Waals surface area contributed by atoms with Gasteiger partial charge in [0.05, 0.1) is 4.92 Å².